The van der Waals surface area contributed by atoms with Crippen LogP contribution in [-0.2, 0) is 5.41 Å². The molecule has 3 nitrogen and oxygen atoms in total. The zero-order chi connectivity index (χ0) is 43.2. The summed E-state index contributed by atoms with van der Waals surface area (Å²) >= 11 is 0. The van der Waals surface area contributed by atoms with Gasteiger partial charge in [-0.3, -0.25) is 0 Å². The lowest BCUT2D eigenvalue weighted by molar-refractivity contribution is 0.775. The lowest BCUT2D eigenvalue weighted by Crippen LogP contribution is -2.28. The first-order valence-electron chi connectivity index (χ1n) is 22.2. The third kappa shape index (κ3) is 6.56. The van der Waals surface area contributed by atoms with Gasteiger partial charge < -0.3 is 0 Å². The van der Waals surface area contributed by atoms with Crippen LogP contribution in [0.25, 0.3) is 89.4 Å². The van der Waals surface area contributed by atoms with Gasteiger partial charge in [0.1, 0.15) is 0 Å². The van der Waals surface area contributed by atoms with Crippen molar-refractivity contribution in [2.24, 2.45) is 0 Å². The quantitative estimate of drug-likeness (QED) is 0.153. The predicted molar refractivity (Wildman–Crippen MR) is 267 cm³/mol. The zero-order valence-electron chi connectivity index (χ0n) is 35.5. The van der Waals surface area contributed by atoms with E-state index >= 15 is 0 Å². The van der Waals surface area contributed by atoms with Crippen molar-refractivity contribution in [3.8, 4) is 78.7 Å². The van der Waals surface area contributed by atoms with Crippen molar-refractivity contribution in [3.05, 3.63) is 271 Å². The van der Waals surface area contributed by atoms with E-state index in [1.807, 2.05) is 12.1 Å². The Morgan fingerprint density at radius 2 is 0.692 bits per heavy atom. The molecule has 304 valence electrons. The second-order valence-corrected chi connectivity index (χ2v) is 16.7. The van der Waals surface area contributed by atoms with Crippen molar-refractivity contribution < 1.29 is 0 Å². The summed E-state index contributed by atoms with van der Waals surface area (Å²) in [6.07, 6.45) is 0. The Labute approximate surface area is 379 Å². The Balaban J connectivity index is 1.05. The molecule has 0 atom stereocenters. The molecular formula is C62H41N3. The Hall–Kier alpha value is -8.53. The fourth-order valence-corrected chi connectivity index (χ4v) is 10.0. The Bertz CT molecular complexity index is 3350. The van der Waals surface area contributed by atoms with E-state index < -0.39 is 5.41 Å². The monoisotopic (exact) mass is 827 g/mol. The molecule has 0 amide bonds. The summed E-state index contributed by atoms with van der Waals surface area (Å²) in [5.41, 5.74) is 16.7. The van der Waals surface area contributed by atoms with Crippen LogP contribution in [0.2, 0.25) is 0 Å². The molecule has 1 aliphatic carbocycles. The first kappa shape index (κ1) is 38.2. The van der Waals surface area contributed by atoms with Gasteiger partial charge in [-0.25, -0.2) is 15.0 Å². The fraction of sp³-hybridized carbons (Fsp3) is 0.0161. The summed E-state index contributed by atoms with van der Waals surface area (Å²) < 4.78 is 0. The molecule has 0 unspecified atom stereocenters. The molecule has 1 aliphatic rings. The molecule has 0 saturated heterocycles. The standard InChI is InChI=1S/C62H41N3/c1-5-18-42(19-6-1)44-32-36-46(37-33-44)59-63-60(47-38-34-45(35-39-47)43-20-7-2-8-21-43)65-61(64-59)50-24-17-23-48(40-50)55-41-49-22-13-14-29-53(49)58-57(55)54-30-15-16-31-56(54)62(58,51-25-9-3-10-26-51)52-27-11-4-12-28-52/h1-41H. The van der Waals surface area contributed by atoms with E-state index in [1.165, 1.54) is 60.8 Å². The number of rotatable bonds is 8. The van der Waals surface area contributed by atoms with Crippen LogP contribution in [0.4, 0.5) is 0 Å². The van der Waals surface area contributed by atoms with Gasteiger partial charge in [0.15, 0.2) is 17.5 Å². The molecular weight excluding hydrogens is 787 g/mol. The number of hydrogen-bond acceptors (Lipinski definition) is 3. The first-order chi connectivity index (χ1) is 32.2. The van der Waals surface area contributed by atoms with Gasteiger partial charge in [0.2, 0.25) is 0 Å². The van der Waals surface area contributed by atoms with Crippen molar-refractivity contribution in [1.82, 2.24) is 15.0 Å². The van der Waals surface area contributed by atoms with Crippen LogP contribution < -0.4 is 0 Å². The van der Waals surface area contributed by atoms with Gasteiger partial charge >= 0.3 is 0 Å². The van der Waals surface area contributed by atoms with Crippen molar-refractivity contribution in [1.29, 1.82) is 0 Å². The van der Waals surface area contributed by atoms with E-state index in [4.69, 9.17) is 15.0 Å². The molecule has 0 N–H and O–H groups in total. The summed E-state index contributed by atoms with van der Waals surface area (Å²) in [5.74, 6) is 1.86. The Morgan fingerprint density at radius 1 is 0.277 bits per heavy atom. The van der Waals surface area contributed by atoms with E-state index in [-0.39, 0.29) is 0 Å². The molecule has 65 heavy (non-hydrogen) atoms. The van der Waals surface area contributed by atoms with Gasteiger partial charge in [-0.2, -0.15) is 0 Å². The molecule has 12 rings (SSSR count). The highest BCUT2D eigenvalue weighted by Gasteiger charge is 2.48. The first-order valence-corrected chi connectivity index (χ1v) is 22.2. The van der Waals surface area contributed by atoms with Crippen molar-refractivity contribution in [3.63, 3.8) is 0 Å². The van der Waals surface area contributed by atoms with Gasteiger partial charge in [0.25, 0.3) is 0 Å². The highest BCUT2D eigenvalue weighted by atomic mass is 15.0. The molecule has 3 heteroatoms. The van der Waals surface area contributed by atoms with Gasteiger partial charge in [-0.1, -0.05) is 237 Å². The number of aromatic nitrogens is 3. The zero-order valence-corrected chi connectivity index (χ0v) is 35.5. The molecule has 0 fully saturated rings. The second kappa shape index (κ2) is 16.0. The van der Waals surface area contributed by atoms with Crippen LogP contribution in [0.5, 0.6) is 0 Å². The van der Waals surface area contributed by atoms with Crippen LogP contribution in [0.1, 0.15) is 22.3 Å². The van der Waals surface area contributed by atoms with E-state index in [0.717, 1.165) is 33.4 Å². The van der Waals surface area contributed by atoms with E-state index in [2.05, 4.69) is 237 Å². The smallest absolute Gasteiger partial charge is 0.164 e. The molecule has 10 aromatic carbocycles. The SMILES string of the molecule is c1ccc(-c2ccc(-c3nc(-c4ccc(-c5ccccc5)cc4)nc(-c4cccc(-c5cc6ccccc6c6c5-c5ccccc5C6(c5ccccc5)c5ccccc5)c4)n3)cc2)cc1. The lowest BCUT2D eigenvalue weighted by atomic mass is 9.66. The van der Waals surface area contributed by atoms with Crippen LogP contribution >= 0.6 is 0 Å². The average molecular weight is 828 g/mol. The van der Waals surface area contributed by atoms with E-state index in [1.54, 1.807) is 0 Å². The molecule has 0 spiro atoms. The number of hydrogen-bond donors (Lipinski definition) is 0. The molecule has 11 aromatic rings. The molecule has 1 aromatic heterocycles. The summed E-state index contributed by atoms with van der Waals surface area (Å²) in [6.45, 7) is 0. The summed E-state index contributed by atoms with van der Waals surface area (Å²) in [7, 11) is 0. The normalized spacial score (nSPS) is 12.4. The topological polar surface area (TPSA) is 38.7 Å². The summed E-state index contributed by atoms with van der Waals surface area (Å²) in [5, 5.41) is 2.44. The summed E-state index contributed by atoms with van der Waals surface area (Å²) in [4.78, 5) is 15.6. The third-order valence-electron chi connectivity index (χ3n) is 13.0. The highest BCUT2D eigenvalue weighted by Crippen LogP contribution is 2.60. The summed E-state index contributed by atoms with van der Waals surface area (Å²) in [6, 6.07) is 89.0. The Morgan fingerprint density at radius 3 is 1.26 bits per heavy atom. The fourth-order valence-electron chi connectivity index (χ4n) is 10.0. The highest BCUT2D eigenvalue weighted by molar-refractivity contribution is 6.07. The predicted octanol–water partition coefficient (Wildman–Crippen LogP) is 15.4. The maximum Gasteiger partial charge on any atom is 0.164 e. The van der Waals surface area contributed by atoms with Crippen molar-refractivity contribution in [2.75, 3.05) is 0 Å². The minimum Gasteiger partial charge on any atom is -0.208 e. The largest absolute Gasteiger partial charge is 0.208 e. The van der Waals surface area contributed by atoms with E-state index in [9.17, 15) is 0 Å². The van der Waals surface area contributed by atoms with Crippen LogP contribution in [0.15, 0.2) is 249 Å². The maximum absolute atomic E-state index is 5.24. The number of fused-ring (bicyclic) bond motifs is 5. The molecule has 0 aliphatic heterocycles. The van der Waals surface area contributed by atoms with Crippen molar-refractivity contribution in [2.45, 2.75) is 5.41 Å². The van der Waals surface area contributed by atoms with Gasteiger partial charge in [0.05, 0.1) is 5.41 Å². The van der Waals surface area contributed by atoms with Gasteiger partial charge in [0, 0.05) is 16.7 Å². The molecule has 0 saturated carbocycles. The Kier molecular flexibility index (Phi) is 9.39. The number of benzene rings is 10. The van der Waals surface area contributed by atoms with Crippen LogP contribution in [0, 0.1) is 0 Å². The molecule has 0 radical (unpaired) electrons. The van der Waals surface area contributed by atoms with Gasteiger partial charge in [-0.15, -0.1) is 0 Å². The van der Waals surface area contributed by atoms with E-state index in [0.29, 0.717) is 17.5 Å². The minimum absolute atomic E-state index is 0.550. The molecule has 1 heterocycles. The minimum atomic E-state index is -0.550. The average Bonchev–Trinajstić information content (AvgIpc) is 3.72. The third-order valence-corrected chi connectivity index (χ3v) is 13.0. The second-order valence-electron chi connectivity index (χ2n) is 16.7. The van der Waals surface area contributed by atoms with Crippen LogP contribution in [0.3, 0.4) is 0 Å². The van der Waals surface area contributed by atoms with Crippen LogP contribution in [-0.4, -0.2) is 15.0 Å². The van der Waals surface area contributed by atoms with Crippen molar-refractivity contribution >= 4 is 10.8 Å². The molecule has 0 bridgehead atoms. The lowest BCUT2D eigenvalue weighted by Gasteiger charge is -2.35. The van der Waals surface area contributed by atoms with Gasteiger partial charge in [-0.05, 0) is 89.7 Å². The maximum atomic E-state index is 5.24. The number of nitrogens with zero attached hydrogens (tertiary/aromatic N) is 3.